The van der Waals surface area contributed by atoms with Crippen LogP contribution in [0.1, 0.15) is 20.3 Å². The third kappa shape index (κ3) is 4.17. The van der Waals surface area contributed by atoms with Gasteiger partial charge in [0.1, 0.15) is 12.4 Å². The minimum absolute atomic E-state index is 0.576. The van der Waals surface area contributed by atoms with Crippen LogP contribution >= 0.6 is 0 Å². The van der Waals surface area contributed by atoms with Crippen molar-refractivity contribution in [2.75, 3.05) is 12.0 Å². The fourth-order valence-electron chi connectivity index (χ4n) is 1.13. The average molecular weight is 218 g/mol. The van der Waals surface area contributed by atoms with E-state index in [4.69, 9.17) is 4.74 Å². The molecule has 0 saturated carbocycles. The molecule has 16 heavy (non-hydrogen) atoms. The van der Waals surface area contributed by atoms with Crippen molar-refractivity contribution in [2.45, 2.75) is 20.3 Å². The highest BCUT2D eigenvalue weighted by atomic mass is 16.5. The number of rotatable bonds is 6. The molecule has 0 aliphatic rings. The van der Waals surface area contributed by atoms with Crippen molar-refractivity contribution in [1.29, 1.82) is 0 Å². The van der Waals surface area contributed by atoms with Crippen LogP contribution in [0.5, 0.6) is 5.75 Å². The van der Waals surface area contributed by atoms with E-state index >= 15 is 0 Å². The van der Waals surface area contributed by atoms with Gasteiger partial charge in [0, 0.05) is 6.21 Å². The van der Waals surface area contributed by atoms with Gasteiger partial charge in [-0.25, -0.2) is 0 Å². The average Bonchev–Trinajstić information content (AvgIpc) is 2.32. The number of benzene rings is 1. The van der Waals surface area contributed by atoms with Crippen LogP contribution in [0.4, 0.5) is 5.69 Å². The van der Waals surface area contributed by atoms with Gasteiger partial charge in [0.05, 0.1) is 5.69 Å². The van der Waals surface area contributed by atoms with E-state index in [1.807, 2.05) is 56.5 Å². The number of para-hydroxylation sites is 2. The number of nitrogens with one attached hydrogen (secondary N) is 1. The zero-order chi connectivity index (χ0) is 11.6. The van der Waals surface area contributed by atoms with Crippen LogP contribution in [0, 0.1) is 0 Å². The predicted molar refractivity (Wildman–Crippen MR) is 69.2 cm³/mol. The summed E-state index contributed by atoms with van der Waals surface area (Å²) in [5.41, 5.74) is 3.85. The Morgan fingerprint density at radius 2 is 2.19 bits per heavy atom. The molecular weight excluding hydrogens is 200 g/mol. The number of hydrogen-bond acceptors (Lipinski definition) is 3. The summed E-state index contributed by atoms with van der Waals surface area (Å²) in [4.78, 5) is 0. The zero-order valence-corrected chi connectivity index (χ0v) is 9.81. The molecule has 0 saturated heterocycles. The number of hydrazone groups is 1. The smallest absolute Gasteiger partial charge is 0.144 e. The van der Waals surface area contributed by atoms with E-state index in [0.717, 1.165) is 17.9 Å². The molecule has 1 aromatic carbocycles. The van der Waals surface area contributed by atoms with E-state index in [2.05, 4.69) is 10.5 Å². The summed E-state index contributed by atoms with van der Waals surface area (Å²) in [5.74, 6) is 0.814. The standard InChI is InChI=1S/C13H18N2O/c1-3-5-11-16-13-9-7-6-8-12(13)15-14-10-4-2/h3,5-10,15H,4,11H2,1-2H3/b5-3+,14-10-. The molecule has 0 radical (unpaired) electrons. The first-order chi connectivity index (χ1) is 7.88. The van der Waals surface area contributed by atoms with E-state index in [-0.39, 0.29) is 0 Å². The molecule has 0 aliphatic carbocycles. The second-order valence-corrected chi connectivity index (χ2v) is 3.21. The van der Waals surface area contributed by atoms with Crippen LogP contribution in [0.3, 0.4) is 0 Å². The second kappa shape index (κ2) is 7.51. The third-order valence-corrected chi connectivity index (χ3v) is 1.92. The van der Waals surface area contributed by atoms with Crippen LogP contribution in [-0.4, -0.2) is 12.8 Å². The maximum Gasteiger partial charge on any atom is 0.144 e. The first-order valence-electron chi connectivity index (χ1n) is 5.49. The number of allylic oxidation sites excluding steroid dienone is 1. The molecule has 86 valence electrons. The summed E-state index contributed by atoms with van der Waals surface area (Å²) in [6.07, 6.45) is 6.66. The highest BCUT2D eigenvalue weighted by Crippen LogP contribution is 2.23. The maximum absolute atomic E-state index is 5.59. The van der Waals surface area contributed by atoms with Gasteiger partial charge >= 0.3 is 0 Å². The summed E-state index contributed by atoms with van der Waals surface area (Å²) in [5, 5.41) is 4.08. The quantitative estimate of drug-likeness (QED) is 0.451. The Balaban J connectivity index is 2.63. The van der Waals surface area contributed by atoms with Gasteiger partial charge in [-0.05, 0) is 25.5 Å². The minimum Gasteiger partial charge on any atom is -0.487 e. The maximum atomic E-state index is 5.59. The van der Waals surface area contributed by atoms with Crippen molar-refractivity contribution >= 4 is 11.9 Å². The van der Waals surface area contributed by atoms with E-state index in [1.165, 1.54) is 0 Å². The molecule has 0 amide bonds. The Morgan fingerprint density at radius 3 is 2.94 bits per heavy atom. The van der Waals surface area contributed by atoms with Gasteiger partial charge < -0.3 is 4.74 Å². The Morgan fingerprint density at radius 1 is 1.38 bits per heavy atom. The normalized spacial score (nSPS) is 11.1. The molecule has 1 N–H and O–H groups in total. The fraction of sp³-hybridized carbons (Fsp3) is 0.308. The van der Waals surface area contributed by atoms with E-state index in [1.54, 1.807) is 0 Å². The van der Waals surface area contributed by atoms with Gasteiger partial charge in [0.2, 0.25) is 0 Å². The highest BCUT2D eigenvalue weighted by molar-refractivity contribution is 5.61. The van der Waals surface area contributed by atoms with Crippen LogP contribution in [0.15, 0.2) is 41.5 Å². The SMILES string of the molecule is C/C=C/COc1ccccc1N/N=C\CC. The molecule has 0 atom stereocenters. The molecule has 0 aliphatic heterocycles. The summed E-state index contributed by atoms with van der Waals surface area (Å²) in [7, 11) is 0. The molecule has 0 fully saturated rings. The topological polar surface area (TPSA) is 33.6 Å². The molecule has 3 heteroatoms. The first-order valence-corrected chi connectivity index (χ1v) is 5.49. The lowest BCUT2D eigenvalue weighted by molar-refractivity contribution is 0.364. The Bertz CT molecular complexity index is 359. The van der Waals surface area contributed by atoms with Gasteiger partial charge in [-0.15, -0.1) is 0 Å². The molecule has 1 rings (SSSR count). The Labute approximate surface area is 96.8 Å². The lowest BCUT2D eigenvalue weighted by Gasteiger charge is -2.08. The summed E-state index contributed by atoms with van der Waals surface area (Å²) >= 11 is 0. The third-order valence-electron chi connectivity index (χ3n) is 1.92. The Hall–Kier alpha value is -1.77. The number of nitrogens with zero attached hydrogens (tertiary/aromatic N) is 1. The van der Waals surface area contributed by atoms with E-state index in [0.29, 0.717) is 6.61 Å². The molecule has 0 bridgehead atoms. The van der Waals surface area contributed by atoms with Crippen LogP contribution in [0.2, 0.25) is 0 Å². The van der Waals surface area contributed by atoms with Gasteiger partial charge in [-0.3, -0.25) is 5.43 Å². The predicted octanol–water partition coefficient (Wildman–Crippen LogP) is 3.45. The van der Waals surface area contributed by atoms with Crippen LogP contribution in [0.25, 0.3) is 0 Å². The summed E-state index contributed by atoms with van der Waals surface area (Å²) < 4.78 is 5.59. The van der Waals surface area contributed by atoms with Crippen molar-refractivity contribution in [1.82, 2.24) is 0 Å². The molecule has 3 nitrogen and oxygen atoms in total. The van der Waals surface area contributed by atoms with Crippen molar-refractivity contribution in [3.05, 3.63) is 36.4 Å². The summed E-state index contributed by atoms with van der Waals surface area (Å²) in [6, 6.07) is 7.76. The van der Waals surface area contributed by atoms with Crippen molar-refractivity contribution in [3.8, 4) is 5.75 Å². The molecule has 0 heterocycles. The molecular formula is C13H18N2O. The second-order valence-electron chi connectivity index (χ2n) is 3.21. The highest BCUT2D eigenvalue weighted by Gasteiger charge is 1.99. The monoisotopic (exact) mass is 218 g/mol. The van der Waals surface area contributed by atoms with Gasteiger partial charge in [0.25, 0.3) is 0 Å². The number of ether oxygens (including phenoxy) is 1. The largest absolute Gasteiger partial charge is 0.487 e. The minimum atomic E-state index is 0.576. The fourth-order valence-corrected chi connectivity index (χ4v) is 1.13. The van der Waals surface area contributed by atoms with Crippen molar-refractivity contribution in [2.24, 2.45) is 5.10 Å². The van der Waals surface area contributed by atoms with E-state index in [9.17, 15) is 0 Å². The number of hydrogen-bond donors (Lipinski definition) is 1. The van der Waals surface area contributed by atoms with Crippen LogP contribution < -0.4 is 10.2 Å². The van der Waals surface area contributed by atoms with Gasteiger partial charge in [0.15, 0.2) is 0 Å². The summed E-state index contributed by atoms with van der Waals surface area (Å²) in [6.45, 7) is 4.59. The Kier molecular flexibility index (Phi) is 5.78. The molecule has 1 aromatic rings. The van der Waals surface area contributed by atoms with E-state index < -0.39 is 0 Å². The molecule has 0 unspecified atom stereocenters. The zero-order valence-electron chi connectivity index (χ0n) is 9.81. The lowest BCUT2D eigenvalue weighted by atomic mass is 10.3. The first kappa shape index (κ1) is 12.3. The van der Waals surface area contributed by atoms with Crippen LogP contribution in [-0.2, 0) is 0 Å². The molecule has 0 spiro atoms. The van der Waals surface area contributed by atoms with Gasteiger partial charge in [-0.2, -0.15) is 5.10 Å². The molecule has 0 aromatic heterocycles. The van der Waals surface area contributed by atoms with Crippen molar-refractivity contribution < 1.29 is 4.74 Å². The van der Waals surface area contributed by atoms with Gasteiger partial charge in [-0.1, -0.05) is 31.2 Å². The lowest BCUT2D eigenvalue weighted by Crippen LogP contribution is -1.97. The van der Waals surface area contributed by atoms with Crippen molar-refractivity contribution in [3.63, 3.8) is 0 Å². The number of anilines is 1.